The zero-order valence-corrected chi connectivity index (χ0v) is 20.2. The first-order valence-corrected chi connectivity index (χ1v) is 12.2. The number of aliphatic hydroxyl groups excluding tert-OH is 1. The Hall–Kier alpha value is -2.56. The van der Waals surface area contributed by atoms with Crippen molar-refractivity contribution in [3.63, 3.8) is 0 Å². The highest BCUT2D eigenvalue weighted by atomic mass is 32.1. The van der Waals surface area contributed by atoms with Crippen molar-refractivity contribution in [3.8, 4) is 10.4 Å². The molecule has 2 aliphatic heterocycles. The molecule has 2 amide bonds. The SMILES string of the molecule is Cc1cc(NC(C)C)ncc1-c1sc(C(=O)N[C@H]2COC[C@H]2O)nc1C(=O)N1CCC[C@@H]1C. The lowest BCUT2D eigenvalue weighted by molar-refractivity contribution is 0.0743. The molecule has 3 atom stereocenters. The summed E-state index contributed by atoms with van der Waals surface area (Å²) >= 11 is 1.17. The lowest BCUT2D eigenvalue weighted by Crippen LogP contribution is -2.42. The smallest absolute Gasteiger partial charge is 0.280 e. The molecular weight excluding hydrogens is 442 g/mol. The van der Waals surface area contributed by atoms with E-state index in [-0.39, 0.29) is 41.9 Å². The normalized spacial score (nSPS) is 22.7. The van der Waals surface area contributed by atoms with Crippen molar-refractivity contribution in [3.05, 3.63) is 28.5 Å². The number of amides is 2. The highest BCUT2D eigenvalue weighted by Crippen LogP contribution is 2.35. The maximum absolute atomic E-state index is 13.5. The number of aliphatic hydroxyl groups is 1. The second-order valence-electron chi connectivity index (χ2n) is 9.05. The number of anilines is 1. The second kappa shape index (κ2) is 9.74. The van der Waals surface area contributed by atoms with E-state index in [1.807, 2.05) is 38.7 Å². The predicted molar refractivity (Wildman–Crippen MR) is 127 cm³/mol. The third-order valence-electron chi connectivity index (χ3n) is 6.00. The quantitative estimate of drug-likeness (QED) is 0.590. The molecule has 9 nitrogen and oxygen atoms in total. The third kappa shape index (κ3) is 5.02. The molecule has 0 aromatic carbocycles. The number of hydrogen-bond donors (Lipinski definition) is 3. The Kier molecular flexibility index (Phi) is 6.96. The molecule has 178 valence electrons. The first-order chi connectivity index (χ1) is 15.7. The number of aryl methyl sites for hydroxylation is 1. The van der Waals surface area contributed by atoms with Crippen molar-refractivity contribution in [1.29, 1.82) is 0 Å². The zero-order valence-electron chi connectivity index (χ0n) is 19.4. The van der Waals surface area contributed by atoms with Gasteiger partial charge < -0.3 is 25.4 Å². The lowest BCUT2D eigenvalue weighted by atomic mass is 10.1. The molecule has 2 aromatic rings. The van der Waals surface area contributed by atoms with Crippen LogP contribution in [0.4, 0.5) is 5.82 Å². The average Bonchev–Trinajstić information content (AvgIpc) is 3.48. The van der Waals surface area contributed by atoms with E-state index in [9.17, 15) is 14.7 Å². The molecule has 10 heteroatoms. The molecular formula is C23H31N5O4S. The summed E-state index contributed by atoms with van der Waals surface area (Å²) in [4.78, 5) is 37.8. The van der Waals surface area contributed by atoms with Crippen LogP contribution in [-0.2, 0) is 4.74 Å². The van der Waals surface area contributed by atoms with Gasteiger partial charge in [0.1, 0.15) is 11.5 Å². The minimum Gasteiger partial charge on any atom is -0.388 e. The van der Waals surface area contributed by atoms with Gasteiger partial charge in [0.15, 0.2) is 5.01 Å². The van der Waals surface area contributed by atoms with Crippen molar-refractivity contribution >= 4 is 29.0 Å². The Morgan fingerprint density at radius 1 is 1.33 bits per heavy atom. The third-order valence-corrected chi connectivity index (χ3v) is 7.08. The largest absolute Gasteiger partial charge is 0.388 e. The molecule has 3 N–H and O–H groups in total. The van der Waals surface area contributed by atoms with Crippen LogP contribution in [0.5, 0.6) is 0 Å². The van der Waals surface area contributed by atoms with E-state index in [4.69, 9.17) is 4.74 Å². The van der Waals surface area contributed by atoms with Crippen LogP contribution >= 0.6 is 11.3 Å². The molecule has 2 fully saturated rings. The van der Waals surface area contributed by atoms with Gasteiger partial charge in [-0.15, -0.1) is 11.3 Å². The standard InChI is InChI=1S/C23H31N5O4S/c1-12(2)25-18-8-13(3)15(9-24-18)20-19(23(31)28-7-5-6-14(28)4)27-22(33-20)21(30)26-16-10-32-11-17(16)29/h8-9,12,14,16-17,29H,5-7,10-11H2,1-4H3,(H,24,25)(H,26,30)/t14-,16-,17+/m0/s1. The molecule has 2 saturated heterocycles. The van der Waals surface area contributed by atoms with E-state index in [2.05, 4.69) is 20.6 Å². The molecule has 0 spiro atoms. The Morgan fingerprint density at radius 3 is 2.73 bits per heavy atom. The van der Waals surface area contributed by atoms with Crippen molar-refractivity contribution < 1.29 is 19.4 Å². The number of ether oxygens (including phenoxy) is 1. The molecule has 4 heterocycles. The minimum absolute atomic E-state index is 0.131. The first-order valence-electron chi connectivity index (χ1n) is 11.4. The van der Waals surface area contributed by atoms with Gasteiger partial charge in [0.05, 0.1) is 30.2 Å². The maximum Gasteiger partial charge on any atom is 0.280 e. The number of hydrogen-bond acceptors (Lipinski definition) is 8. The number of nitrogens with one attached hydrogen (secondary N) is 2. The topological polar surface area (TPSA) is 117 Å². The van der Waals surface area contributed by atoms with Gasteiger partial charge in [0.2, 0.25) is 0 Å². The Morgan fingerprint density at radius 2 is 2.12 bits per heavy atom. The van der Waals surface area contributed by atoms with Gasteiger partial charge in [-0.3, -0.25) is 9.59 Å². The monoisotopic (exact) mass is 473 g/mol. The van der Waals surface area contributed by atoms with Gasteiger partial charge in [-0.25, -0.2) is 9.97 Å². The molecule has 0 bridgehead atoms. The summed E-state index contributed by atoms with van der Waals surface area (Å²) in [6, 6.07) is 1.82. The Labute approximate surface area is 197 Å². The van der Waals surface area contributed by atoms with Gasteiger partial charge >= 0.3 is 0 Å². The van der Waals surface area contributed by atoms with Crippen LogP contribution in [0.2, 0.25) is 0 Å². The number of aromatic nitrogens is 2. The van der Waals surface area contributed by atoms with Crippen molar-refractivity contribution in [2.45, 2.75) is 64.8 Å². The number of carbonyl (C=O) groups excluding carboxylic acids is 2. The fourth-order valence-corrected chi connectivity index (χ4v) is 5.23. The molecule has 0 radical (unpaired) electrons. The fourth-order valence-electron chi connectivity index (χ4n) is 4.20. The van der Waals surface area contributed by atoms with Crippen LogP contribution in [0.15, 0.2) is 12.3 Å². The summed E-state index contributed by atoms with van der Waals surface area (Å²) in [7, 11) is 0. The van der Waals surface area contributed by atoms with Crippen molar-refractivity contribution in [2.24, 2.45) is 0 Å². The highest BCUT2D eigenvalue weighted by molar-refractivity contribution is 7.17. The average molecular weight is 474 g/mol. The van der Waals surface area contributed by atoms with Crippen molar-refractivity contribution in [2.75, 3.05) is 25.1 Å². The summed E-state index contributed by atoms with van der Waals surface area (Å²) in [5.74, 6) is 0.163. The number of rotatable bonds is 6. The summed E-state index contributed by atoms with van der Waals surface area (Å²) in [5.41, 5.74) is 1.99. The summed E-state index contributed by atoms with van der Waals surface area (Å²) in [5, 5.41) is 16.2. The molecule has 0 aliphatic carbocycles. The van der Waals surface area contributed by atoms with Crippen molar-refractivity contribution in [1.82, 2.24) is 20.2 Å². The fraction of sp³-hybridized carbons (Fsp3) is 0.565. The molecule has 33 heavy (non-hydrogen) atoms. The van der Waals surface area contributed by atoms with Crippen LogP contribution in [0, 0.1) is 6.92 Å². The first kappa shape index (κ1) is 23.6. The van der Waals surface area contributed by atoms with Crippen LogP contribution in [0.3, 0.4) is 0 Å². The Balaban J connectivity index is 1.70. The van der Waals surface area contributed by atoms with E-state index < -0.39 is 18.1 Å². The van der Waals surface area contributed by atoms with Gasteiger partial charge in [0.25, 0.3) is 11.8 Å². The van der Waals surface area contributed by atoms with Crippen LogP contribution in [0.25, 0.3) is 10.4 Å². The molecule has 0 saturated carbocycles. The molecule has 0 unspecified atom stereocenters. The van der Waals surface area contributed by atoms with Gasteiger partial charge in [-0.2, -0.15) is 0 Å². The van der Waals surface area contributed by atoms with E-state index in [1.54, 1.807) is 6.20 Å². The number of pyridine rings is 1. The lowest BCUT2D eigenvalue weighted by Gasteiger charge is -2.21. The molecule has 2 aliphatic rings. The predicted octanol–water partition coefficient (Wildman–Crippen LogP) is 2.45. The van der Waals surface area contributed by atoms with Crippen LogP contribution in [-0.4, -0.2) is 75.8 Å². The highest BCUT2D eigenvalue weighted by Gasteiger charge is 2.33. The maximum atomic E-state index is 13.5. The van der Waals surface area contributed by atoms with Gasteiger partial charge in [-0.05, 0) is 52.2 Å². The summed E-state index contributed by atoms with van der Waals surface area (Å²) in [6.07, 6.45) is 2.88. The van der Waals surface area contributed by atoms with E-state index >= 15 is 0 Å². The van der Waals surface area contributed by atoms with E-state index in [0.717, 1.165) is 29.8 Å². The zero-order chi connectivity index (χ0) is 23.7. The van der Waals surface area contributed by atoms with Crippen LogP contribution < -0.4 is 10.6 Å². The number of carbonyl (C=O) groups is 2. The number of thiazole rings is 1. The summed E-state index contributed by atoms with van der Waals surface area (Å²) < 4.78 is 5.22. The number of nitrogens with zero attached hydrogens (tertiary/aromatic N) is 3. The molecule has 2 aromatic heterocycles. The van der Waals surface area contributed by atoms with Gasteiger partial charge in [-0.1, -0.05) is 0 Å². The van der Waals surface area contributed by atoms with Crippen LogP contribution in [0.1, 0.15) is 59.5 Å². The Bertz CT molecular complexity index is 1040. The van der Waals surface area contributed by atoms with Gasteiger partial charge in [0, 0.05) is 30.4 Å². The number of likely N-dealkylation sites (tertiary alicyclic amines) is 1. The summed E-state index contributed by atoms with van der Waals surface area (Å²) in [6.45, 7) is 9.19. The van der Waals surface area contributed by atoms with E-state index in [0.29, 0.717) is 11.4 Å². The van der Waals surface area contributed by atoms with E-state index in [1.165, 1.54) is 11.3 Å². The molecule has 4 rings (SSSR count). The minimum atomic E-state index is -0.757. The second-order valence-corrected chi connectivity index (χ2v) is 10.1.